The van der Waals surface area contributed by atoms with E-state index in [1.54, 1.807) is 0 Å². The molecule has 1 saturated heterocycles. The molecule has 1 fully saturated rings. The number of likely N-dealkylation sites (tertiary alicyclic amines) is 1. The van der Waals surface area contributed by atoms with Crippen LogP contribution < -0.4 is 5.32 Å². The summed E-state index contributed by atoms with van der Waals surface area (Å²) in [7, 11) is 2.13. The number of benzene rings is 1. The van der Waals surface area contributed by atoms with E-state index in [2.05, 4.69) is 59.2 Å². The lowest BCUT2D eigenvalue weighted by atomic mass is 10.0. The van der Waals surface area contributed by atoms with Gasteiger partial charge in [-0.2, -0.15) is 0 Å². The summed E-state index contributed by atoms with van der Waals surface area (Å²) in [4.78, 5) is 2.59. The molecule has 0 bridgehead atoms. The van der Waals surface area contributed by atoms with E-state index in [0.29, 0.717) is 6.04 Å². The van der Waals surface area contributed by atoms with Crippen LogP contribution in [0.15, 0.2) is 30.5 Å². The minimum atomic E-state index is 0.678. The van der Waals surface area contributed by atoms with Crippen LogP contribution in [-0.4, -0.2) is 35.1 Å². The van der Waals surface area contributed by atoms with Crippen LogP contribution in [0.2, 0.25) is 0 Å². The molecule has 0 atom stereocenters. The Labute approximate surface area is 127 Å². The summed E-state index contributed by atoms with van der Waals surface area (Å²) in [5.74, 6) is 0. The molecule has 2 heterocycles. The predicted molar refractivity (Wildman–Crippen MR) is 89.5 cm³/mol. The van der Waals surface area contributed by atoms with Crippen LogP contribution in [0.5, 0.6) is 0 Å². The van der Waals surface area contributed by atoms with Crippen molar-refractivity contribution < 1.29 is 0 Å². The Morgan fingerprint density at radius 2 is 1.95 bits per heavy atom. The fraction of sp³-hybridized carbons (Fsp3) is 0.556. The first-order valence-electron chi connectivity index (χ1n) is 8.26. The molecule has 1 N–H and O–H groups in total. The maximum atomic E-state index is 3.77. The molecule has 3 rings (SSSR count). The summed E-state index contributed by atoms with van der Waals surface area (Å²) in [5.41, 5.74) is 2.75. The van der Waals surface area contributed by atoms with Gasteiger partial charge >= 0.3 is 0 Å². The monoisotopic (exact) mass is 285 g/mol. The normalized spacial score (nSPS) is 17.6. The Kier molecular flexibility index (Phi) is 4.61. The Bertz CT molecular complexity index is 579. The van der Waals surface area contributed by atoms with Crippen LogP contribution in [0.25, 0.3) is 10.9 Å². The topological polar surface area (TPSA) is 20.2 Å². The van der Waals surface area contributed by atoms with Gasteiger partial charge in [-0.25, -0.2) is 0 Å². The standard InChI is InChI=1S/C18H27N3/c1-3-10-21-11-8-16(9-12-21)19-13-15-14-20(2)18-7-5-4-6-17(15)18/h4-7,14,16,19H,3,8-13H2,1-2H3. The van der Waals surface area contributed by atoms with Gasteiger partial charge in [0, 0.05) is 36.7 Å². The van der Waals surface area contributed by atoms with Crippen LogP contribution in [0.1, 0.15) is 31.7 Å². The average Bonchev–Trinajstić information content (AvgIpc) is 2.84. The first kappa shape index (κ1) is 14.6. The lowest BCUT2D eigenvalue weighted by molar-refractivity contribution is 0.197. The molecule has 0 spiro atoms. The van der Waals surface area contributed by atoms with Gasteiger partial charge in [0.25, 0.3) is 0 Å². The Balaban J connectivity index is 1.58. The third-order valence-electron chi connectivity index (χ3n) is 4.69. The van der Waals surface area contributed by atoms with Gasteiger partial charge in [-0.15, -0.1) is 0 Å². The van der Waals surface area contributed by atoms with Crippen molar-refractivity contribution in [2.75, 3.05) is 19.6 Å². The molecule has 3 nitrogen and oxygen atoms in total. The molecule has 2 aromatic rings. The largest absolute Gasteiger partial charge is 0.350 e. The van der Waals surface area contributed by atoms with Crippen LogP contribution in [0.3, 0.4) is 0 Å². The summed E-state index contributed by atoms with van der Waals surface area (Å²) < 4.78 is 2.23. The van der Waals surface area contributed by atoms with Gasteiger partial charge in [0.15, 0.2) is 0 Å². The van der Waals surface area contributed by atoms with Crippen LogP contribution in [-0.2, 0) is 13.6 Å². The van der Waals surface area contributed by atoms with Gasteiger partial charge in [0.2, 0.25) is 0 Å². The maximum absolute atomic E-state index is 3.77. The van der Waals surface area contributed by atoms with Crippen molar-refractivity contribution in [2.45, 2.75) is 38.8 Å². The van der Waals surface area contributed by atoms with E-state index in [9.17, 15) is 0 Å². The van der Waals surface area contributed by atoms with E-state index < -0.39 is 0 Å². The Morgan fingerprint density at radius 1 is 1.19 bits per heavy atom. The average molecular weight is 285 g/mol. The fourth-order valence-corrected chi connectivity index (χ4v) is 3.50. The molecule has 0 unspecified atom stereocenters. The van der Waals surface area contributed by atoms with E-state index >= 15 is 0 Å². The number of rotatable bonds is 5. The zero-order valence-electron chi connectivity index (χ0n) is 13.3. The van der Waals surface area contributed by atoms with Gasteiger partial charge in [-0.05, 0) is 50.5 Å². The lowest BCUT2D eigenvalue weighted by Gasteiger charge is -2.32. The SMILES string of the molecule is CCCN1CCC(NCc2cn(C)c3ccccc23)CC1. The zero-order chi connectivity index (χ0) is 14.7. The van der Waals surface area contributed by atoms with Gasteiger partial charge in [-0.3, -0.25) is 0 Å². The molecule has 1 aromatic heterocycles. The quantitative estimate of drug-likeness (QED) is 0.910. The van der Waals surface area contributed by atoms with Gasteiger partial charge in [-0.1, -0.05) is 25.1 Å². The van der Waals surface area contributed by atoms with E-state index in [-0.39, 0.29) is 0 Å². The smallest absolute Gasteiger partial charge is 0.0481 e. The molecule has 114 valence electrons. The Morgan fingerprint density at radius 3 is 2.71 bits per heavy atom. The second-order valence-corrected chi connectivity index (χ2v) is 6.28. The number of aromatic nitrogens is 1. The number of hydrogen-bond donors (Lipinski definition) is 1. The number of aryl methyl sites for hydroxylation is 1. The van der Waals surface area contributed by atoms with Crippen molar-refractivity contribution in [1.82, 2.24) is 14.8 Å². The molecule has 3 heteroatoms. The highest BCUT2D eigenvalue weighted by molar-refractivity contribution is 5.83. The van der Waals surface area contributed by atoms with Gasteiger partial charge in [0.05, 0.1) is 0 Å². The first-order valence-corrected chi connectivity index (χ1v) is 8.26. The second-order valence-electron chi connectivity index (χ2n) is 6.28. The number of piperidine rings is 1. The van der Waals surface area contributed by atoms with Gasteiger partial charge in [0.1, 0.15) is 0 Å². The van der Waals surface area contributed by atoms with Gasteiger partial charge < -0.3 is 14.8 Å². The minimum absolute atomic E-state index is 0.678. The number of hydrogen-bond acceptors (Lipinski definition) is 2. The summed E-state index contributed by atoms with van der Waals surface area (Å²) in [6.45, 7) is 7.02. The van der Waals surface area contributed by atoms with Crippen molar-refractivity contribution in [3.8, 4) is 0 Å². The molecular formula is C18H27N3. The number of fused-ring (bicyclic) bond motifs is 1. The van der Waals surface area contributed by atoms with Crippen molar-refractivity contribution in [1.29, 1.82) is 0 Å². The van der Waals surface area contributed by atoms with Crippen LogP contribution >= 0.6 is 0 Å². The third kappa shape index (κ3) is 3.30. The van der Waals surface area contributed by atoms with Crippen LogP contribution in [0, 0.1) is 0 Å². The summed E-state index contributed by atoms with van der Waals surface area (Å²) >= 11 is 0. The third-order valence-corrected chi connectivity index (χ3v) is 4.69. The lowest BCUT2D eigenvalue weighted by Crippen LogP contribution is -2.42. The summed E-state index contributed by atoms with van der Waals surface area (Å²) in [6, 6.07) is 9.35. The molecule has 0 aliphatic carbocycles. The van der Waals surface area contributed by atoms with Crippen molar-refractivity contribution >= 4 is 10.9 Å². The first-order chi connectivity index (χ1) is 10.3. The predicted octanol–water partition coefficient (Wildman–Crippen LogP) is 3.14. The van der Waals surface area contributed by atoms with E-state index in [4.69, 9.17) is 0 Å². The number of nitrogens with one attached hydrogen (secondary N) is 1. The highest BCUT2D eigenvalue weighted by Crippen LogP contribution is 2.20. The molecule has 0 radical (unpaired) electrons. The van der Waals surface area contributed by atoms with E-state index in [1.165, 1.54) is 55.4 Å². The number of para-hydroxylation sites is 1. The zero-order valence-corrected chi connectivity index (χ0v) is 13.3. The highest BCUT2D eigenvalue weighted by atomic mass is 15.1. The molecule has 1 aromatic carbocycles. The molecular weight excluding hydrogens is 258 g/mol. The van der Waals surface area contributed by atoms with Crippen molar-refractivity contribution in [3.63, 3.8) is 0 Å². The summed E-state index contributed by atoms with van der Waals surface area (Å²) in [5, 5.41) is 5.15. The number of nitrogens with zero attached hydrogens (tertiary/aromatic N) is 2. The molecule has 0 amide bonds. The molecule has 1 aliphatic rings. The van der Waals surface area contributed by atoms with Crippen molar-refractivity contribution in [2.24, 2.45) is 7.05 Å². The Hall–Kier alpha value is -1.32. The van der Waals surface area contributed by atoms with E-state index in [0.717, 1.165) is 6.54 Å². The van der Waals surface area contributed by atoms with Crippen molar-refractivity contribution in [3.05, 3.63) is 36.0 Å². The fourth-order valence-electron chi connectivity index (χ4n) is 3.50. The van der Waals surface area contributed by atoms with E-state index in [1.807, 2.05) is 0 Å². The minimum Gasteiger partial charge on any atom is -0.350 e. The molecule has 1 aliphatic heterocycles. The highest BCUT2D eigenvalue weighted by Gasteiger charge is 2.18. The maximum Gasteiger partial charge on any atom is 0.0481 e. The van der Waals surface area contributed by atoms with Crippen LogP contribution in [0.4, 0.5) is 0 Å². The molecule has 21 heavy (non-hydrogen) atoms. The second kappa shape index (κ2) is 6.63. The molecule has 0 saturated carbocycles. The summed E-state index contributed by atoms with van der Waals surface area (Å²) in [6.07, 6.45) is 6.10.